The van der Waals surface area contributed by atoms with Crippen molar-refractivity contribution in [2.75, 3.05) is 0 Å². The summed E-state index contributed by atoms with van der Waals surface area (Å²) in [6.45, 7) is 6.66. The molecular weight excluding hydrogens is 389 g/mol. The maximum Gasteiger partial charge on any atom is 2.00 e. The van der Waals surface area contributed by atoms with Gasteiger partial charge in [0.25, 0.3) is 0 Å². The number of rotatable bonds is 2. The standard InChI is InChI=1S/C18H17Br.Nb/c1-18(2,3)16-8-4-6-14(12-16)10-11-15-7-5-9-17(19)13-15;/h4-6,8-9,11-13H,1-3H3;/q-2;+2. The minimum atomic E-state index is 0. The van der Waals surface area contributed by atoms with Crippen molar-refractivity contribution >= 4 is 22.0 Å². The molecule has 101 valence electrons. The van der Waals surface area contributed by atoms with Gasteiger partial charge in [0, 0.05) is 0 Å². The first kappa shape index (κ1) is 17.5. The summed E-state index contributed by atoms with van der Waals surface area (Å²) in [5.74, 6) is 0. The average Bonchev–Trinajstić information content (AvgIpc) is 2.36. The molecule has 0 heterocycles. The molecule has 0 fully saturated rings. The van der Waals surface area contributed by atoms with Crippen molar-refractivity contribution in [2.45, 2.75) is 26.2 Å². The summed E-state index contributed by atoms with van der Waals surface area (Å²) < 4.78 is 1.06. The number of benzene rings is 2. The minimum absolute atomic E-state index is 0. The fourth-order valence-electron chi connectivity index (χ4n) is 1.78. The topological polar surface area (TPSA) is 0 Å². The van der Waals surface area contributed by atoms with E-state index >= 15 is 0 Å². The van der Waals surface area contributed by atoms with Gasteiger partial charge in [0.2, 0.25) is 0 Å². The third-order valence-corrected chi connectivity index (χ3v) is 3.40. The second kappa shape index (κ2) is 7.42. The normalized spacial score (nSPS) is 11.4. The fourth-order valence-corrected chi connectivity index (χ4v) is 2.15. The minimum Gasteiger partial charge on any atom is -0.223 e. The molecule has 0 saturated carbocycles. The summed E-state index contributed by atoms with van der Waals surface area (Å²) in [5, 5.41) is 0. The van der Waals surface area contributed by atoms with Gasteiger partial charge >= 0.3 is 22.4 Å². The van der Waals surface area contributed by atoms with Crippen molar-refractivity contribution in [2.24, 2.45) is 0 Å². The zero-order valence-corrected chi connectivity index (χ0v) is 15.7. The molecule has 0 aromatic heterocycles. The Morgan fingerprint density at radius 3 is 2.55 bits per heavy atom. The largest absolute Gasteiger partial charge is 2.00 e. The smallest absolute Gasteiger partial charge is 0.223 e. The van der Waals surface area contributed by atoms with Crippen LogP contribution in [0.3, 0.4) is 0 Å². The first-order valence-corrected chi connectivity index (χ1v) is 7.12. The van der Waals surface area contributed by atoms with Crippen LogP contribution >= 0.6 is 15.9 Å². The van der Waals surface area contributed by atoms with Gasteiger partial charge in [-0.1, -0.05) is 52.8 Å². The van der Waals surface area contributed by atoms with Gasteiger partial charge < -0.3 is 0 Å². The molecule has 2 aromatic rings. The molecule has 0 spiro atoms. The van der Waals surface area contributed by atoms with E-state index in [-0.39, 0.29) is 27.8 Å². The van der Waals surface area contributed by atoms with E-state index in [1.54, 1.807) is 0 Å². The quantitative estimate of drug-likeness (QED) is 0.356. The maximum atomic E-state index is 3.46. The van der Waals surface area contributed by atoms with E-state index in [4.69, 9.17) is 0 Å². The van der Waals surface area contributed by atoms with Gasteiger partial charge in [-0.25, -0.2) is 11.6 Å². The van der Waals surface area contributed by atoms with Crippen molar-refractivity contribution < 1.29 is 22.4 Å². The van der Waals surface area contributed by atoms with Gasteiger partial charge in [-0.05, 0) is 5.41 Å². The van der Waals surface area contributed by atoms with Gasteiger partial charge in [0.1, 0.15) is 0 Å². The van der Waals surface area contributed by atoms with Crippen LogP contribution in [0.25, 0.3) is 6.08 Å². The van der Waals surface area contributed by atoms with Gasteiger partial charge in [0.05, 0.1) is 0 Å². The molecule has 0 N–H and O–H groups in total. The SMILES string of the molecule is CC(C)(C)c1cccc([C-]=Cc2[c-]ccc(Br)c2)c1.[Nb+2]. The molecule has 1 radical (unpaired) electrons. The van der Waals surface area contributed by atoms with Crippen molar-refractivity contribution in [3.05, 3.63) is 75.8 Å². The van der Waals surface area contributed by atoms with Gasteiger partial charge in [-0.3, -0.25) is 0 Å². The molecule has 0 bridgehead atoms. The molecule has 0 amide bonds. The Morgan fingerprint density at radius 1 is 1.15 bits per heavy atom. The second-order valence-electron chi connectivity index (χ2n) is 5.58. The Kier molecular flexibility index (Phi) is 6.47. The van der Waals surface area contributed by atoms with E-state index in [1.807, 2.05) is 24.3 Å². The Bertz CT molecular complexity index is 594. The van der Waals surface area contributed by atoms with Crippen LogP contribution in [-0.4, -0.2) is 0 Å². The van der Waals surface area contributed by atoms with Crippen LogP contribution in [0.2, 0.25) is 0 Å². The van der Waals surface area contributed by atoms with E-state index in [1.165, 1.54) is 5.56 Å². The Balaban J connectivity index is 0.00000200. The van der Waals surface area contributed by atoms with E-state index in [9.17, 15) is 0 Å². The van der Waals surface area contributed by atoms with Gasteiger partial charge in [-0.15, -0.1) is 24.3 Å². The molecule has 0 unspecified atom stereocenters. The monoisotopic (exact) mass is 405 g/mol. The van der Waals surface area contributed by atoms with Crippen LogP contribution in [-0.2, 0) is 27.8 Å². The van der Waals surface area contributed by atoms with Crippen LogP contribution in [0.15, 0.2) is 46.9 Å². The molecule has 0 aliphatic carbocycles. The van der Waals surface area contributed by atoms with Crippen LogP contribution < -0.4 is 0 Å². The molecule has 0 nitrogen and oxygen atoms in total. The first-order valence-electron chi connectivity index (χ1n) is 6.33. The van der Waals surface area contributed by atoms with Crippen molar-refractivity contribution in [3.8, 4) is 0 Å². The van der Waals surface area contributed by atoms with Crippen molar-refractivity contribution in [3.63, 3.8) is 0 Å². The summed E-state index contributed by atoms with van der Waals surface area (Å²) >= 11 is 3.46. The average molecular weight is 406 g/mol. The van der Waals surface area contributed by atoms with Crippen LogP contribution in [0.4, 0.5) is 0 Å². The molecular formula is C18H17BrNb. The van der Waals surface area contributed by atoms with Crippen molar-refractivity contribution in [1.29, 1.82) is 0 Å². The molecule has 2 rings (SSSR count). The molecule has 0 aliphatic heterocycles. The summed E-state index contributed by atoms with van der Waals surface area (Å²) in [4.78, 5) is 0. The van der Waals surface area contributed by atoms with E-state index in [2.05, 4.69) is 73.1 Å². The molecule has 0 atom stereocenters. The maximum absolute atomic E-state index is 3.46. The number of hydrogen-bond acceptors (Lipinski definition) is 0. The summed E-state index contributed by atoms with van der Waals surface area (Å²) in [5.41, 5.74) is 3.61. The zero-order valence-electron chi connectivity index (χ0n) is 11.9. The predicted octanol–water partition coefficient (Wildman–Crippen LogP) is 5.41. The van der Waals surface area contributed by atoms with Crippen LogP contribution in [0.5, 0.6) is 0 Å². The Hall–Kier alpha value is -0.600. The number of hydrogen-bond donors (Lipinski definition) is 0. The summed E-state index contributed by atoms with van der Waals surface area (Å²) in [7, 11) is 0. The Labute approximate surface area is 145 Å². The van der Waals surface area contributed by atoms with Crippen LogP contribution in [0, 0.1) is 12.1 Å². The third kappa shape index (κ3) is 5.06. The van der Waals surface area contributed by atoms with E-state index in [0.717, 1.165) is 15.6 Å². The second-order valence-corrected chi connectivity index (χ2v) is 6.50. The molecule has 0 aliphatic rings. The first-order chi connectivity index (χ1) is 8.95. The zero-order chi connectivity index (χ0) is 13.9. The third-order valence-electron chi connectivity index (χ3n) is 2.91. The Morgan fingerprint density at radius 2 is 1.90 bits per heavy atom. The summed E-state index contributed by atoms with van der Waals surface area (Å²) in [6, 6.07) is 17.6. The van der Waals surface area contributed by atoms with E-state index < -0.39 is 0 Å². The van der Waals surface area contributed by atoms with Crippen LogP contribution in [0.1, 0.15) is 37.5 Å². The molecule has 2 aromatic carbocycles. The summed E-state index contributed by atoms with van der Waals surface area (Å²) in [6.07, 6.45) is 5.29. The van der Waals surface area contributed by atoms with Gasteiger partial charge in [-0.2, -0.15) is 29.8 Å². The fraction of sp³-hybridized carbons (Fsp3) is 0.222. The van der Waals surface area contributed by atoms with Crippen molar-refractivity contribution in [1.82, 2.24) is 0 Å². The van der Waals surface area contributed by atoms with Gasteiger partial charge in [0.15, 0.2) is 0 Å². The van der Waals surface area contributed by atoms with E-state index in [0.29, 0.717) is 0 Å². The number of halogens is 1. The molecule has 2 heteroatoms. The molecule has 20 heavy (non-hydrogen) atoms. The predicted molar refractivity (Wildman–Crippen MR) is 84.9 cm³/mol. The molecule has 0 saturated heterocycles.